The third kappa shape index (κ3) is 5.27. The number of hydrogen-bond acceptors (Lipinski definition) is 8. The zero-order chi connectivity index (χ0) is 28.7. The average molecular weight is 576 g/mol. The quantitative estimate of drug-likeness (QED) is 0.528. The topological polar surface area (TPSA) is 109 Å². The fraction of sp³-hybridized carbons (Fsp3) is 0.548. The zero-order valence-corrected chi connectivity index (χ0v) is 24.3. The number of nitrogens with zero attached hydrogens (tertiary/aromatic N) is 4. The standard InChI is InChI=1S/C31H37N5O4S/c1-3-19-16-36(27-25(37)17-40-28(19)27)30(39)26(20-7-5-4-6-8-20)23-15-21(9-10-22(23)29(32)38)24-18-41-31(33-24)35-13-11-34(2)12-14-35/h1,9-10,15,18-20,26-28H,4-8,11-14,16-17H2,2H3,(H2,32,38)/t19-,26+,27-,28-/m1/s1. The number of likely N-dealkylation sites (N-methyl/N-ethyl adjacent to an activating group) is 1. The summed E-state index contributed by atoms with van der Waals surface area (Å²) in [5.41, 5.74) is 8.51. The Morgan fingerprint density at radius 3 is 2.63 bits per heavy atom. The molecule has 0 unspecified atom stereocenters. The van der Waals surface area contributed by atoms with Crippen LogP contribution in [0.25, 0.3) is 11.3 Å². The number of benzene rings is 1. The van der Waals surface area contributed by atoms with Crippen molar-refractivity contribution < 1.29 is 19.1 Å². The predicted molar refractivity (Wildman–Crippen MR) is 158 cm³/mol. The summed E-state index contributed by atoms with van der Waals surface area (Å²) in [6.07, 6.45) is 10.2. The van der Waals surface area contributed by atoms with E-state index in [2.05, 4.69) is 22.8 Å². The summed E-state index contributed by atoms with van der Waals surface area (Å²) in [4.78, 5) is 51.3. The number of likely N-dealkylation sites (tertiary alicyclic amines) is 1. The fourth-order valence-electron chi connectivity index (χ4n) is 7.01. The molecule has 1 aliphatic carbocycles. The fourth-order valence-corrected chi connectivity index (χ4v) is 7.90. The number of anilines is 1. The maximum Gasteiger partial charge on any atom is 0.249 e. The number of amides is 2. The van der Waals surface area contributed by atoms with Crippen LogP contribution in [0.1, 0.15) is 53.9 Å². The van der Waals surface area contributed by atoms with Gasteiger partial charge in [0.05, 0.1) is 17.5 Å². The third-order valence-electron chi connectivity index (χ3n) is 9.28. The monoisotopic (exact) mass is 575 g/mol. The highest BCUT2D eigenvalue weighted by Crippen LogP contribution is 2.43. The highest BCUT2D eigenvalue weighted by molar-refractivity contribution is 7.14. The Kier molecular flexibility index (Phi) is 7.86. The highest BCUT2D eigenvalue weighted by Gasteiger charge is 2.53. The Hall–Kier alpha value is -3.26. The number of fused-ring (bicyclic) bond motifs is 1. The summed E-state index contributed by atoms with van der Waals surface area (Å²) in [6.45, 7) is 4.06. The lowest BCUT2D eigenvalue weighted by Gasteiger charge is -2.35. The molecular weight excluding hydrogens is 538 g/mol. The van der Waals surface area contributed by atoms with Crippen LogP contribution in [0, 0.1) is 24.2 Å². The van der Waals surface area contributed by atoms with Crippen molar-refractivity contribution in [1.29, 1.82) is 0 Å². The molecule has 4 heterocycles. The molecule has 0 bridgehead atoms. The van der Waals surface area contributed by atoms with E-state index >= 15 is 0 Å². The number of nitrogens with two attached hydrogens (primary N) is 1. The number of carbonyl (C=O) groups excluding carboxylic acids is 3. The molecule has 4 aliphatic rings. The van der Waals surface area contributed by atoms with E-state index < -0.39 is 24.0 Å². The van der Waals surface area contributed by atoms with Crippen molar-refractivity contribution in [2.75, 3.05) is 51.3 Å². The van der Waals surface area contributed by atoms with Crippen LogP contribution in [-0.4, -0.2) is 90.9 Å². The molecule has 41 heavy (non-hydrogen) atoms. The molecule has 0 radical (unpaired) electrons. The SMILES string of the molecule is C#C[C@@H]1CN(C(=O)[C@H](c2cc(-c3csc(N4CCN(C)CC4)n3)ccc2C(N)=O)C2CCCCC2)[C@@H]2C(=O)CO[C@H]12. The molecule has 4 atom stereocenters. The van der Waals surface area contributed by atoms with E-state index in [9.17, 15) is 14.4 Å². The van der Waals surface area contributed by atoms with Gasteiger partial charge in [-0.05, 0) is 43.5 Å². The molecule has 1 aromatic heterocycles. The summed E-state index contributed by atoms with van der Waals surface area (Å²) in [7, 11) is 2.13. The van der Waals surface area contributed by atoms with E-state index in [4.69, 9.17) is 21.9 Å². The minimum absolute atomic E-state index is 0.0293. The Bertz CT molecular complexity index is 1370. The van der Waals surface area contributed by atoms with Crippen molar-refractivity contribution in [1.82, 2.24) is 14.8 Å². The maximum absolute atomic E-state index is 14.5. The first-order valence-corrected chi connectivity index (χ1v) is 15.5. The van der Waals surface area contributed by atoms with Crippen molar-refractivity contribution in [3.63, 3.8) is 0 Å². The lowest BCUT2D eigenvalue weighted by atomic mass is 9.74. The van der Waals surface area contributed by atoms with E-state index in [1.54, 1.807) is 22.3 Å². The number of piperazine rings is 1. The Morgan fingerprint density at radius 1 is 1.17 bits per heavy atom. The summed E-state index contributed by atoms with van der Waals surface area (Å²) in [6, 6.07) is 4.84. The van der Waals surface area contributed by atoms with Gasteiger partial charge in [-0.3, -0.25) is 14.4 Å². The lowest BCUT2D eigenvalue weighted by molar-refractivity contribution is -0.139. The molecule has 0 spiro atoms. The van der Waals surface area contributed by atoms with Gasteiger partial charge in [-0.1, -0.05) is 31.2 Å². The van der Waals surface area contributed by atoms with Crippen molar-refractivity contribution in [3.05, 3.63) is 34.7 Å². The van der Waals surface area contributed by atoms with E-state index in [1.807, 2.05) is 17.5 Å². The van der Waals surface area contributed by atoms with Gasteiger partial charge in [0.2, 0.25) is 11.8 Å². The molecule has 10 heteroatoms. The van der Waals surface area contributed by atoms with Gasteiger partial charge in [0.15, 0.2) is 10.9 Å². The lowest BCUT2D eigenvalue weighted by Crippen LogP contribution is -2.46. The normalized spacial score (nSPS) is 26.1. The summed E-state index contributed by atoms with van der Waals surface area (Å²) >= 11 is 1.60. The van der Waals surface area contributed by atoms with Gasteiger partial charge < -0.3 is 25.2 Å². The van der Waals surface area contributed by atoms with Crippen molar-refractivity contribution in [2.45, 2.75) is 50.2 Å². The van der Waals surface area contributed by atoms with Gasteiger partial charge in [0, 0.05) is 49.2 Å². The van der Waals surface area contributed by atoms with Gasteiger partial charge in [-0.15, -0.1) is 17.8 Å². The second-order valence-corrected chi connectivity index (χ2v) is 12.6. The Balaban J connectivity index is 1.38. The molecule has 2 aromatic rings. The molecule has 9 nitrogen and oxygen atoms in total. The van der Waals surface area contributed by atoms with Crippen LogP contribution < -0.4 is 10.6 Å². The summed E-state index contributed by atoms with van der Waals surface area (Å²) in [5.74, 6) is 0.951. The van der Waals surface area contributed by atoms with Crippen LogP contribution in [0.5, 0.6) is 0 Å². The number of hydrogen-bond donors (Lipinski definition) is 1. The molecule has 1 saturated carbocycles. The van der Waals surface area contributed by atoms with Crippen molar-refractivity contribution >= 4 is 34.1 Å². The first-order valence-electron chi connectivity index (χ1n) is 14.6. The maximum atomic E-state index is 14.5. The number of ketones is 1. The second kappa shape index (κ2) is 11.6. The van der Waals surface area contributed by atoms with Gasteiger partial charge in [-0.2, -0.15) is 0 Å². The molecule has 3 saturated heterocycles. The zero-order valence-electron chi connectivity index (χ0n) is 23.5. The first kappa shape index (κ1) is 27.9. The van der Waals surface area contributed by atoms with Crippen LogP contribution in [0.15, 0.2) is 23.6 Å². The molecule has 2 N–H and O–H groups in total. The van der Waals surface area contributed by atoms with E-state index in [0.717, 1.165) is 74.7 Å². The van der Waals surface area contributed by atoms with Gasteiger partial charge in [0.25, 0.3) is 0 Å². The summed E-state index contributed by atoms with van der Waals surface area (Å²) < 4.78 is 5.73. The van der Waals surface area contributed by atoms with Gasteiger partial charge in [-0.25, -0.2) is 4.98 Å². The van der Waals surface area contributed by atoms with Crippen LogP contribution >= 0.6 is 11.3 Å². The van der Waals surface area contributed by atoms with Gasteiger partial charge >= 0.3 is 0 Å². The van der Waals surface area contributed by atoms with Crippen LogP contribution in [-0.2, 0) is 14.3 Å². The molecular formula is C31H37N5O4S. The summed E-state index contributed by atoms with van der Waals surface area (Å²) in [5, 5.41) is 3.00. The minimum Gasteiger partial charge on any atom is -0.366 e. The molecule has 2 amide bonds. The number of ether oxygens (including phenoxy) is 1. The van der Waals surface area contributed by atoms with E-state index in [-0.39, 0.29) is 36.7 Å². The smallest absolute Gasteiger partial charge is 0.249 e. The Morgan fingerprint density at radius 2 is 1.93 bits per heavy atom. The largest absolute Gasteiger partial charge is 0.366 e. The molecule has 3 aliphatic heterocycles. The Labute approximate surface area is 245 Å². The second-order valence-electron chi connectivity index (χ2n) is 11.8. The van der Waals surface area contributed by atoms with Crippen molar-refractivity contribution in [3.8, 4) is 23.6 Å². The molecule has 4 fully saturated rings. The number of primary amides is 1. The van der Waals surface area contributed by atoms with Crippen LogP contribution in [0.3, 0.4) is 0 Å². The number of aromatic nitrogens is 1. The van der Waals surface area contributed by atoms with Crippen LogP contribution in [0.2, 0.25) is 0 Å². The van der Waals surface area contributed by atoms with Crippen molar-refractivity contribution in [2.24, 2.45) is 17.6 Å². The van der Waals surface area contributed by atoms with Gasteiger partial charge in [0.1, 0.15) is 18.8 Å². The number of thiazole rings is 1. The molecule has 1 aromatic carbocycles. The third-order valence-corrected chi connectivity index (χ3v) is 10.2. The molecule has 216 valence electrons. The molecule has 6 rings (SSSR count). The number of Topliss-reactive ketones (excluding diaryl/α,β-unsaturated/α-hetero) is 1. The first-order chi connectivity index (χ1) is 19.9. The number of rotatable bonds is 6. The predicted octanol–water partition coefficient (Wildman–Crippen LogP) is 2.75. The number of carbonyl (C=O) groups is 3. The van der Waals surface area contributed by atoms with E-state index in [1.165, 1.54) is 0 Å². The van der Waals surface area contributed by atoms with Crippen LogP contribution in [0.4, 0.5) is 5.13 Å². The minimum atomic E-state index is -0.681. The highest BCUT2D eigenvalue weighted by atomic mass is 32.1. The van der Waals surface area contributed by atoms with E-state index in [0.29, 0.717) is 11.1 Å². The number of terminal acetylenes is 1. The average Bonchev–Trinajstić information content (AvgIpc) is 3.71.